The van der Waals surface area contributed by atoms with Gasteiger partial charge < -0.3 is 5.32 Å². The van der Waals surface area contributed by atoms with Gasteiger partial charge in [-0.2, -0.15) is 5.10 Å². The zero-order valence-electron chi connectivity index (χ0n) is 18.2. The first kappa shape index (κ1) is 21.6. The Kier molecular flexibility index (Phi) is 5.22. The molecule has 0 spiro atoms. The highest BCUT2D eigenvalue weighted by atomic mass is 35.5. The lowest BCUT2D eigenvalue weighted by Crippen LogP contribution is -2.66. The standard InChI is InChI=1S/C23H25ClN4O2S/c1-14-11-15(24)8-9-17(14)28-20(29)18-12-16(19-7-6-10-31-19)26-27(18)13-23(28,5)21(30)25-22(2,3)4/h6-12H,13H2,1-5H3,(H,25,30)/t23-/m1/s1. The van der Waals surface area contributed by atoms with Gasteiger partial charge >= 0.3 is 0 Å². The Bertz CT molecular complexity index is 1160. The minimum absolute atomic E-state index is 0.235. The summed E-state index contributed by atoms with van der Waals surface area (Å²) in [6, 6.07) is 11.1. The van der Waals surface area contributed by atoms with E-state index in [-0.39, 0.29) is 18.4 Å². The van der Waals surface area contributed by atoms with Gasteiger partial charge in [0.25, 0.3) is 5.91 Å². The number of carbonyl (C=O) groups is 2. The van der Waals surface area contributed by atoms with E-state index in [9.17, 15) is 9.59 Å². The highest BCUT2D eigenvalue weighted by Gasteiger charge is 2.50. The van der Waals surface area contributed by atoms with Crippen molar-refractivity contribution in [1.29, 1.82) is 0 Å². The first-order valence-electron chi connectivity index (χ1n) is 10.0. The SMILES string of the molecule is Cc1cc(Cl)ccc1N1C(=O)c2cc(-c3cccs3)nn2C[C@]1(C)C(=O)NC(C)(C)C. The number of halogens is 1. The van der Waals surface area contributed by atoms with Gasteiger partial charge in [0.15, 0.2) is 0 Å². The third-order valence-electron chi connectivity index (χ3n) is 5.30. The summed E-state index contributed by atoms with van der Waals surface area (Å²) < 4.78 is 1.65. The van der Waals surface area contributed by atoms with Crippen molar-refractivity contribution < 1.29 is 9.59 Å². The van der Waals surface area contributed by atoms with E-state index in [1.54, 1.807) is 52.1 Å². The fourth-order valence-electron chi connectivity index (χ4n) is 3.85. The molecule has 1 atom stereocenters. The summed E-state index contributed by atoms with van der Waals surface area (Å²) in [5.41, 5.74) is 1.05. The first-order chi connectivity index (χ1) is 14.5. The molecule has 4 rings (SSSR count). The second-order valence-corrected chi connectivity index (χ2v) is 10.5. The van der Waals surface area contributed by atoms with Gasteiger partial charge in [-0.05, 0) is 75.9 Å². The molecule has 0 unspecified atom stereocenters. The smallest absolute Gasteiger partial charge is 0.277 e. The molecule has 0 aliphatic carbocycles. The lowest BCUT2D eigenvalue weighted by Gasteiger charge is -2.44. The fourth-order valence-corrected chi connectivity index (χ4v) is 4.76. The number of fused-ring (bicyclic) bond motifs is 1. The number of hydrogen-bond acceptors (Lipinski definition) is 4. The molecule has 8 heteroatoms. The number of nitrogens with zero attached hydrogens (tertiary/aromatic N) is 3. The number of carbonyl (C=O) groups excluding carboxylic acids is 2. The zero-order chi connectivity index (χ0) is 22.6. The minimum atomic E-state index is -1.17. The second kappa shape index (κ2) is 7.50. The predicted octanol–water partition coefficient (Wildman–Crippen LogP) is 4.91. The molecule has 0 fully saturated rings. The molecule has 1 aromatic carbocycles. The summed E-state index contributed by atoms with van der Waals surface area (Å²) in [7, 11) is 0. The van der Waals surface area contributed by atoms with Gasteiger partial charge in [-0.3, -0.25) is 19.2 Å². The molecule has 0 saturated carbocycles. The largest absolute Gasteiger partial charge is 0.349 e. The van der Waals surface area contributed by atoms with E-state index in [2.05, 4.69) is 10.4 Å². The van der Waals surface area contributed by atoms with Crippen LogP contribution in [0.1, 0.15) is 43.7 Å². The lowest BCUT2D eigenvalue weighted by molar-refractivity contribution is -0.128. The van der Waals surface area contributed by atoms with Crippen LogP contribution in [0.4, 0.5) is 5.69 Å². The topological polar surface area (TPSA) is 67.2 Å². The maximum absolute atomic E-state index is 13.8. The number of hydrogen-bond donors (Lipinski definition) is 1. The van der Waals surface area contributed by atoms with Gasteiger partial charge in [0.1, 0.15) is 16.9 Å². The van der Waals surface area contributed by atoms with Crippen molar-refractivity contribution in [3.05, 3.63) is 58.1 Å². The van der Waals surface area contributed by atoms with E-state index in [1.165, 1.54) is 0 Å². The molecule has 31 heavy (non-hydrogen) atoms. The van der Waals surface area contributed by atoms with Gasteiger partial charge in [-0.15, -0.1) is 11.3 Å². The quantitative estimate of drug-likeness (QED) is 0.609. The van der Waals surface area contributed by atoms with Crippen molar-refractivity contribution in [2.45, 2.75) is 52.2 Å². The Labute approximate surface area is 190 Å². The zero-order valence-corrected chi connectivity index (χ0v) is 19.8. The van der Waals surface area contributed by atoms with Gasteiger partial charge in [-0.25, -0.2) is 0 Å². The van der Waals surface area contributed by atoms with E-state index >= 15 is 0 Å². The summed E-state index contributed by atoms with van der Waals surface area (Å²) in [5, 5.41) is 10.3. The Morgan fingerprint density at radius 3 is 2.61 bits per heavy atom. The second-order valence-electron chi connectivity index (χ2n) is 9.10. The van der Waals surface area contributed by atoms with Crippen molar-refractivity contribution in [1.82, 2.24) is 15.1 Å². The molecule has 3 heterocycles. The van der Waals surface area contributed by atoms with Crippen molar-refractivity contribution in [3.63, 3.8) is 0 Å². The number of thiophene rings is 1. The lowest BCUT2D eigenvalue weighted by atomic mass is 9.92. The van der Waals surface area contributed by atoms with Crippen molar-refractivity contribution in [2.75, 3.05) is 4.90 Å². The number of aryl methyl sites for hydroxylation is 1. The van der Waals surface area contributed by atoms with Crippen LogP contribution in [0.2, 0.25) is 5.02 Å². The molecule has 0 bridgehead atoms. The highest BCUT2D eigenvalue weighted by molar-refractivity contribution is 7.13. The van der Waals surface area contributed by atoms with Crippen LogP contribution >= 0.6 is 22.9 Å². The van der Waals surface area contributed by atoms with Crippen LogP contribution in [0.5, 0.6) is 0 Å². The Morgan fingerprint density at radius 1 is 1.26 bits per heavy atom. The van der Waals surface area contributed by atoms with Crippen LogP contribution in [-0.2, 0) is 11.3 Å². The number of benzene rings is 1. The normalized spacial score (nSPS) is 18.8. The van der Waals surface area contributed by atoms with E-state index in [0.717, 1.165) is 16.1 Å². The van der Waals surface area contributed by atoms with Gasteiger partial charge in [0.05, 0.1) is 11.4 Å². The summed E-state index contributed by atoms with van der Waals surface area (Å²) in [6.07, 6.45) is 0. The third-order valence-corrected chi connectivity index (χ3v) is 6.43. The van der Waals surface area contributed by atoms with Crippen LogP contribution < -0.4 is 10.2 Å². The minimum Gasteiger partial charge on any atom is -0.349 e. The molecule has 2 aromatic heterocycles. The summed E-state index contributed by atoms with van der Waals surface area (Å²) in [5.74, 6) is -0.500. The maximum atomic E-state index is 13.8. The van der Waals surface area contributed by atoms with Gasteiger partial charge in [0, 0.05) is 16.2 Å². The van der Waals surface area contributed by atoms with Crippen molar-refractivity contribution in [3.8, 4) is 10.6 Å². The average molecular weight is 457 g/mol. The summed E-state index contributed by atoms with van der Waals surface area (Å²) in [6.45, 7) is 9.68. The fraction of sp³-hybridized carbons (Fsp3) is 0.348. The molecule has 6 nitrogen and oxygen atoms in total. The van der Waals surface area contributed by atoms with Crippen LogP contribution in [0.15, 0.2) is 41.8 Å². The Balaban J connectivity index is 1.87. The van der Waals surface area contributed by atoms with Crippen LogP contribution in [0.3, 0.4) is 0 Å². The molecule has 162 valence electrons. The first-order valence-corrected chi connectivity index (χ1v) is 11.3. The Morgan fingerprint density at radius 2 is 2.00 bits per heavy atom. The number of nitrogens with one attached hydrogen (secondary N) is 1. The number of rotatable bonds is 3. The Hall–Kier alpha value is -2.64. The van der Waals surface area contributed by atoms with Crippen molar-refractivity contribution in [2.24, 2.45) is 0 Å². The third kappa shape index (κ3) is 3.88. The molecule has 3 aromatic rings. The van der Waals surface area contributed by atoms with Crippen LogP contribution in [-0.4, -0.2) is 32.7 Å². The molecule has 1 N–H and O–H groups in total. The highest BCUT2D eigenvalue weighted by Crippen LogP contribution is 2.37. The molecule has 2 amide bonds. The van der Waals surface area contributed by atoms with E-state index in [1.807, 2.05) is 45.2 Å². The van der Waals surface area contributed by atoms with E-state index in [0.29, 0.717) is 16.4 Å². The molecular formula is C23H25ClN4O2S. The molecule has 0 radical (unpaired) electrons. The average Bonchev–Trinajstić information content (AvgIpc) is 3.31. The molecule has 0 saturated heterocycles. The van der Waals surface area contributed by atoms with Gasteiger partial charge in [0.2, 0.25) is 5.91 Å². The summed E-state index contributed by atoms with van der Waals surface area (Å²) >= 11 is 7.72. The number of anilines is 1. The molecular weight excluding hydrogens is 432 g/mol. The van der Waals surface area contributed by atoms with Crippen LogP contribution in [0.25, 0.3) is 10.6 Å². The van der Waals surface area contributed by atoms with Gasteiger partial charge in [-0.1, -0.05) is 17.7 Å². The molecule has 1 aliphatic rings. The number of aromatic nitrogens is 2. The number of amides is 2. The summed E-state index contributed by atoms with van der Waals surface area (Å²) in [4.78, 5) is 29.9. The molecule has 1 aliphatic heterocycles. The predicted molar refractivity (Wildman–Crippen MR) is 125 cm³/mol. The van der Waals surface area contributed by atoms with E-state index < -0.39 is 11.1 Å². The monoisotopic (exact) mass is 456 g/mol. The maximum Gasteiger partial charge on any atom is 0.277 e. The van der Waals surface area contributed by atoms with Crippen molar-refractivity contribution >= 4 is 40.4 Å². The van der Waals surface area contributed by atoms with Crippen LogP contribution in [0, 0.1) is 6.92 Å². The van der Waals surface area contributed by atoms with E-state index in [4.69, 9.17) is 11.6 Å².